The number of rotatable bonds is 4. The maximum Gasteiger partial charge on any atom is 0.159 e. The summed E-state index contributed by atoms with van der Waals surface area (Å²) in [6.07, 6.45) is 5.11. The third-order valence-corrected chi connectivity index (χ3v) is 5.01. The van der Waals surface area contributed by atoms with Gasteiger partial charge in [-0.1, -0.05) is 30.0 Å². The lowest BCUT2D eigenvalue weighted by atomic mass is 10.0. The van der Waals surface area contributed by atoms with E-state index in [4.69, 9.17) is 0 Å². The molecule has 5 heteroatoms. The molecule has 4 rings (SSSR count). The minimum Gasteiger partial charge on any atom is -0.256 e. The van der Waals surface area contributed by atoms with Crippen molar-refractivity contribution in [1.82, 2.24) is 4.98 Å². The van der Waals surface area contributed by atoms with E-state index in [2.05, 4.69) is 23.4 Å². The number of nitrogens with zero attached hydrogens (tertiary/aromatic N) is 1. The molecule has 0 bridgehead atoms. The van der Waals surface area contributed by atoms with E-state index in [1.54, 1.807) is 24.4 Å². The van der Waals surface area contributed by atoms with Crippen LogP contribution in [0.25, 0.3) is 22.0 Å². The summed E-state index contributed by atoms with van der Waals surface area (Å²) >= 11 is 0. The molecule has 1 nitrogen and oxygen atoms in total. The summed E-state index contributed by atoms with van der Waals surface area (Å²) in [6, 6.07) is 12.8. The lowest BCUT2D eigenvalue weighted by Gasteiger charge is -2.05. The number of aryl methyl sites for hydroxylation is 1. The van der Waals surface area contributed by atoms with Gasteiger partial charge in [0.05, 0.1) is 11.3 Å². The van der Waals surface area contributed by atoms with Crippen molar-refractivity contribution in [2.75, 3.05) is 0 Å². The predicted octanol–water partition coefficient (Wildman–Crippen LogP) is 6.98. The Morgan fingerprint density at radius 1 is 0.781 bits per heavy atom. The van der Waals surface area contributed by atoms with Crippen LogP contribution in [0.15, 0.2) is 73.4 Å². The highest BCUT2D eigenvalue weighted by Gasteiger charge is 2.12. The summed E-state index contributed by atoms with van der Waals surface area (Å²) in [5, 5.41) is 0.939. The molecule has 0 N–H and O–H groups in total. The van der Waals surface area contributed by atoms with Crippen LogP contribution in [0.4, 0.5) is 17.6 Å². The van der Waals surface area contributed by atoms with E-state index in [0.29, 0.717) is 27.6 Å². The Labute approximate surface area is 183 Å². The monoisotopic (exact) mass is 431 g/mol. The first-order chi connectivity index (χ1) is 15.4. The summed E-state index contributed by atoms with van der Waals surface area (Å²) in [7, 11) is 0. The van der Waals surface area contributed by atoms with Gasteiger partial charge in [0.2, 0.25) is 0 Å². The molecule has 0 aliphatic heterocycles. The Hall–Kier alpha value is -3.91. The first-order valence-electron chi connectivity index (χ1n) is 9.90. The van der Waals surface area contributed by atoms with E-state index in [-0.39, 0.29) is 5.56 Å². The second kappa shape index (κ2) is 9.07. The molecule has 0 aliphatic rings. The fourth-order valence-electron chi connectivity index (χ4n) is 3.31. The van der Waals surface area contributed by atoms with Crippen molar-refractivity contribution in [3.63, 3.8) is 0 Å². The van der Waals surface area contributed by atoms with Crippen LogP contribution >= 0.6 is 0 Å². The highest BCUT2D eigenvalue weighted by atomic mass is 19.2. The molecule has 158 valence electrons. The van der Waals surface area contributed by atoms with E-state index in [9.17, 15) is 17.6 Å². The van der Waals surface area contributed by atoms with Crippen LogP contribution < -0.4 is 0 Å². The van der Waals surface area contributed by atoms with Crippen molar-refractivity contribution >= 4 is 10.8 Å². The molecule has 1 heterocycles. The Kier molecular flexibility index (Phi) is 6.04. The van der Waals surface area contributed by atoms with E-state index in [0.717, 1.165) is 30.5 Å². The number of hydrogen-bond acceptors (Lipinski definition) is 1. The standard InChI is InChI=1S/C27H17F4N/c1-2-3-4-18-7-10-27(32-16-18)21-14-23(28)22(24(29)15-21)9-6-17-5-8-19-12-25(30)26(31)13-20(19)11-17/h2,5,7-8,10-16H,1,3-4H2. The number of hydrogen-bond donors (Lipinski definition) is 0. The molecule has 4 aromatic rings. The van der Waals surface area contributed by atoms with Gasteiger partial charge in [-0.2, -0.15) is 0 Å². The summed E-state index contributed by atoms with van der Waals surface area (Å²) in [6.45, 7) is 3.68. The molecule has 0 atom stereocenters. The maximum atomic E-state index is 14.6. The summed E-state index contributed by atoms with van der Waals surface area (Å²) < 4.78 is 56.1. The van der Waals surface area contributed by atoms with Crippen molar-refractivity contribution < 1.29 is 17.6 Å². The van der Waals surface area contributed by atoms with E-state index in [1.165, 1.54) is 18.2 Å². The SMILES string of the molecule is C=CCCc1ccc(-c2cc(F)c(C#Cc3ccc4cc(F)c(F)cc4c3)c(F)c2)nc1. The van der Waals surface area contributed by atoms with Crippen LogP contribution in [-0.2, 0) is 6.42 Å². The number of halogens is 4. The zero-order valence-electron chi connectivity index (χ0n) is 16.9. The number of fused-ring (bicyclic) bond motifs is 1. The lowest BCUT2D eigenvalue weighted by Crippen LogP contribution is -1.94. The number of aromatic nitrogens is 1. The largest absolute Gasteiger partial charge is 0.256 e. The van der Waals surface area contributed by atoms with E-state index in [1.807, 2.05) is 12.1 Å². The molecule has 32 heavy (non-hydrogen) atoms. The minimum absolute atomic E-state index is 0.309. The molecule has 1 aromatic heterocycles. The van der Waals surface area contributed by atoms with Gasteiger partial charge in [0.15, 0.2) is 11.6 Å². The van der Waals surface area contributed by atoms with Crippen LogP contribution in [-0.4, -0.2) is 4.98 Å². The predicted molar refractivity (Wildman–Crippen MR) is 118 cm³/mol. The fraction of sp³-hybridized carbons (Fsp3) is 0.0741. The Morgan fingerprint density at radius 3 is 2.16 bits per heavy atom. The molecular weight excluding hydrogens is 414 g/mol. The van der Waals surface area contributed by atoms with Crippen molar-refractivity contribution in [2.45, 2.75) is 12.8 Å². The third kappa shape index (κ3) is 4.55. The molecule has 0 aliphatic carbocycles. The van der Waals surface area contributed by atoms with Crippen LogP contribution in [0.3, 0.4) is 0 Å². The van der Waals surface area contributed by atoms with Gasteiger partial charge < -0.3 is 0 Å². The third-order valence-electron chi connectivity index (χ3n) is 5.01. The average molecular weight is 431 g/mol. The maximum absolute atomic E-state index is 14.6. The summed E-state index contributed by atoms with van der Waals surface area (Å²) in [5.74, 6) is 1.66. The van der Waals surface area contributed by atoms with Crippen molar-refractivity contribution in [1.29, 1.82) is 0 Å². The molecule has 3 aromatic carbocycles. The Balaban J connectivity index is 1.62. The molecule has 0 unspecified atom stereocenters. The van der Waals surface area contributed by atoms with Crippen LogP contribution in [0.2, 0.25) is 0 Å². The minimum atomic E-state index is -0.974. The first-order valence-corrected chi connectivity index (χ1v) is 9.90. The molecule has 0 saturated heterocycles. The van der Waals surface area contributed by atoms with Gasteiger partial charge in [-0.3, -0.25) is 4.98 Å². The van der Waals surface area contributed by atoms with Crippen LogP contribution in [0.1, 0.15) is 23.1 Å². The number of pyridine rings is 1. The second-order valence-electron chi connectivity index (χ2n) is 7.27. The van der Waals surface area contributed by atoms with Gasteiger partial charge in [-0.25, -0.2) is 17.6 Å². The van der Waals surface area contributed by atoms with Gasteiger partial charge in [0.1, 0.15) is 11.6 Å². The molecule has 0 amide bonds. The summed E-state index contributed by atoms with van der Waals surface area (Å²) in [5.41, 5.74) is 1.82. The van der Waals surface area contributed by atoms with Crippen molar-refractivity contribution in [2.24, 2.45) is 0 Å². The number of benzene rings is 3. The van der Waals surface area contributed by atoms with Gasteiger partial charge in [0.25, 0.3) is 0 Å². The molecule has 0 saturated carbocycles. The second-order valence-corrected chi connectivity index (χ2v) is 7.27. The van der Waals surface area contributed by atoms with Crippen LogP contribution in [0, 0.1) is 35.1 Å². The van der Waals surface area contributed by atoms with Crippen molar-refractivity contribution in [3.05, 3.63) is 113 Å². The Bertz CT molecular complexity index is 1360. The zero-order chi connectivity index (χ0) is 22.7. The van der Waals surface area contributed by atoms with Gasteiger partial charge >= 0.3 is 0 Å². The number of allylic oxidation sites excluding steroid dienone is 1. The van der Waals surface area contributed by atoms with E-state index < -0.39 is 23.3 Å². The van der Waals surface area contributed by atoms with Crippen molar-refractivity contribution in [3.8, 4) is 23.1 Å². The highest BCUT2D eigenvalue weighted by Crippen LogP contribution is 2.24. The van der Waals surface area contributed by atoms with E-state index >= 15 is 0 Å². The van der Waals surface area contributed by atoms with Gasteiger partial charge in [-0.05, 0) is 71.6 Å². The molecule has 0 radical (unpaired) electrons. The van der Waals surface area contributed by atoms with Gasteiger partial charge in [0, 0.05) is 17.3 Å². The fourth-order valence-corrected chi connectivity index (χ4v) is 3.31. The lowest BCUT2D eigenvalue weighted by molar-refractivity contribution is 0.511. The molecule has 0 fully saturated rings. The molecular formula is C27H17F4N. The molecule has 0 spiro atoms. The first kappa shape index (κ1) is 21.3. The normalized spacial score (nSPS) is 10.6. The zero-order valence-corrected chi connectivity index (χ0v) is 16.9. The summed E-state index contributed by atoms with van der Waals surface area (Å²) in [4.78, 5) is 4.29. The van der Waals surface area contributed by atoms with Gasteiger partial charge in [-0.15, -0.1) is 6.58 Å². The highest BCUT2D eigenvalue weighted by molar-refractivity contribution is 5.84. The quantitative estimate of drug-likeness (QED) is 0.193. The van der Waals surface area contributed by atoms with Crippen LogP contribution in [0.5, 0.6) is 0 Å². The average Bonchev–Trinajstić information content (AvgIpc) is 2.78. The Morgan fingerprint density at radius 2 is 1.50 bits per heavy atom. The smallest absolute Gasteiger partial charge is 0.159 e. The topological polar surface area (TPSA) is 12.9 Å².